The summed E-state index contributed by atoms with van der Waals surface area (Å²) in [4.78, 5) is 4.84. The highest BCUT2D eigenvalue weighted by molar-refractivity contribution is 9.10. The van der Waals surface area contributed by atoms with Gasteiger partial charge in [0.2, 0.25) is 0 Å². The average Bonchev–Trinajstić information content (AvgIpc) is 2.48. The van der Waals surface area contributed by atoms with Crippen LogP contribution in [0.1, 0.15) is 31.9 Å². The van der Waals surface area contributed by atoms with Gasteiger partial charge in [0.05, 0.1) is 6.07 Å². The molecule has 1 aromatic carbocycles. The minimum absolute atomic E-state index is 0.138. The van der Waals surface area contributed by atoms with E-state index in [4.69, 9.17) is 0 Å². The number of benzene rings is 1. The van der Waals surface area contributed by atoms with Gasteiger partial charge in [-0.25, -0.2) is 0 Å². The quantitative estimate of drug-likeness (QED) is 0.844. The molecule has 1 heterocycles. The summed E-state index contributed by atoms with van der Waals surface area (Å²) >= 11 is 3.49. The summed E-state index contributed by atoms with van der Waals surface area (Å²) in [5.41, 5.74) is 1.08. The minimum atomic E-state index is -0.138. The second-order valence-electron chi connectivity index (χ2n) is 5.27. The maximum Gasteiger partial charge on any atom is 0.123 e. The Morgan fingerprint density at radius 2 is 2.20 bits per heavy atom. The molecule has 0 spiro atoms. The van der Waals surface area contributed by atoms with Crippen LogP contribution in [-0.2, 0) is 0 Å². The second kappa shape index (κ2) is 7.21. The number of piperazine rings is 1. The van der Waals surface area contributed by atoms with Gasteiger partial charge in [0, 0.05) is 30.1 Å². The molecule has 0 bridgehead atoms. The summed E-state index contributed by atoms with van der Waals surface area (Å²) in [5.74, 6) is 0. The van der Waals surface area contributed by atoms with Crippen LogP contribution in [-0.4, -0.2) is 42.0 Å². The highest BCUT2D eigenvalue weighted by Crippen LogP contribution is 2.26. The largest absolute Gasteiger partial charge is 0.298 e. The van der Waals surface area contributed by atoms with E-state index in [0.29, 0.717) is 6.04 Å². The molecule has 0 N–H and O–H groups in total. The molecule has 0 aromatic heterocycles. The van der Waals surface area contributed by atoms with Gasteiger partial charge in [0.15, 0.2) is 0 Å². The maximum atomic E-state index is 9.58. The molecule has 1 aliphatic heterocycles. The normalized spacial score (nSPS) is 22.4. The molecule has 1 aromatic rings. The molecule has 1 aliphatic rings. The average molecular weight is 336 g/mol. The van der Waals surface area contributed by atoms with E-state index in [1.54, 1.807) is 0 Å². The lowest BCUT2D eigenvalue weighted by Crippen LogP contribution is -2.53. The lowest BCUT2D eigenvalue weighted by molar-refractivity contribution is 0.0623. The minimum Gasteiger partial charge on any atom is -0.298 e. The van der Waals surface area contributed by atoms with Crippen LogP contribution in [0.2, 0.25) is 0 Å². The Bertz CT molecular complexity index is 483. The van der Waals surface area contributed by atoms with Crippen LogP contribution in [0.15, 0.2) is 28.7 Å². The van der Waals surface area contributed by atoms with Gasteiger partial charge in [0.1, 0.15) is 6.04 Å². The van der Waals surface area contributed by atoms with E-state index in [0.717, 1.165) is 42.6 Å². The van der Waals surface area contributed by atoms with Crippen molar-refractivity contribution < 1.29 is 0 Å². The SMILES string of the molecule is CCC1CN(C(C#N)c2cccc(Br)c2)CCN1CC. The van der Waals surface area contributed by atoms with Crippen LogP contribution in [0.4, 0.5) is 0 Å². The van der Waals surface area contributed by atoms with Crippen molar-refractivity contribution >= 4 is 15.9 Å². The van der Waals surface area contributed by atoms with Crippen molar-refractivity contribution in [3.63, 3.8) is 0 Å². The van der Waals surface area contributed by atoms with Crippen molar-refractivity contribution in [2.24, 2.45) is 0 Å². The van der Waals surface area contributed by atoms with Crippen LogP contribution in [0.25, 0.3) is 0 Å². The van der Waals surface area contributed by atoms with Crippen molar-refractivity contribution in [2.75, 3.05) is 26.2 Å². The Hall–Kier alpha value is -0.890. The van der Waals surface area contributed by atoms with E-state index in [-0.39, 0.29) is 6.04 Å². The van der Waals surface area contributed by atoms with Gasteiger partial charge < -0.3 is 0 Å². The summed E-state index contributed by atoms with van der Waals surface area (Å²) in [6.45, 7) is 8.55. The zero-order chi connectivity index (χ0) is 14.5. The van der Waals surface area contributed by atoms with Crippen LogP contribution >= 0.6 is 15.9 Å². The molecule has 0 aliphatic carbocycles. The number of likely N-dealkylation sites (N-methyl/N-ethyl adjacent to an activating group) is 1. The highest BCUT2D eigenvalue weighted by Gasteiger charge is 2.29. The number of nitriles is 1. The lowest BCUT2D eigenvalue weighted by Gasteiger charge is -2.42. The lowest BCUT2D eigenvalue weighted by atomic mass is 10.0. The molecule has 0 radical (unpaired) electrons. The molecule has 20 heavy (non-hydrogen) atoms. The van der Waals surface area contributed by atoms with E-state index in [1.165, 1.54) is 0 Å². The third-order valence-electron chi connectivity index (χ3n) is 4.17. The predicted octanol–water partition coefficient (Wildman–Crippen LogP) is 3.43. The molecule has 0 amide bonds. The van der Waals surface area contributed by atoms with E-state index in [9.17, 15) is 5.26 Å². The van der Waals surface area contributed by atoms with Gasteiger partial charge in [-0.3, -0.25) is 9.80 Å². The van der Waals surface area contributed by atoms with Gasteiger partial charge >= 0.3 is 0 Å². The Kier molecular flexibility index (Phi) is 5.59. The third-order valence-corrected chi connectivity index (χ3v) is 4.66. The van der Waals surface area contributed by atoms with Gasteiger partial charge in [0.25, 0.3) is 0 Å². The van der Waals surface area contributed by atoms with Crippen molar-refractivity contribution in [1.29, 1.82) is 5.26 Å². The van der Waals surface area contributed by atoms with E-state index in [2.05, 4.69) is 51.7 Å². The molecule has 2 rings (SSSR count). The second-order valence-corrected chi connectivity index (χ2v) is 6.19. The first-order valence-corrected chi connectivity index (χ1v) is 8.12. The molecule has 2 atom stereocenters. The monoisotopic (exact) mass is 335 g/mol. The summed E-state index contributed by atoms with van der Waals surface area (Å²) in [7, 11) is 0. The molecular weight excluding hydrogens is 314 g/mol. The van der Waals surface area contributed by atoms with Crippen molar-refractivity contribution in [3.05, 3.63) is 34.3 Å². The van der Waals surface area contributed by atoms with Crippen molar-refractivity contribution in [1.82, 2.24) is 9.80 Å². The van der Waals surface area contributed by atoms with Crippen molar-refractivity contribution in [2.45, 2.75) is 32.4 Å². The molecule has 2 unspecified atom stereocenters. The number of nitrogens with zero attached hydrogens (tertiary/aromatic N) is 3. The zero-order valence-corrected chi connectivity index (χ0v) is 13.8. The summed E-state index contributed by atoms with van der Waals surface area (Å²) in [6.07, 6.45) is 1.14. The van der Waals surface area contributed by atoms with Crippen molar-refractivity contribution in [3.8, 4) is 6.07 Å². The molecule has 3 nitrogen and oxygen atoms in total. The van der Waals surface area contributed by atoms with Crippen LogP contribution in [0.5, 0.6) is 0 Å². The summed E-state index contributed by atoms with van der Waals surface area (Å²) < 4.78 is 1.04. The molecule has 1 saturated heterocycles. The number of hydrogen-bond acceptors (Lipinski definition) is 3. The number of halogens is 1. The molecular formula is C16H22BrN3. The summed E-state index contributed by atoms with van der Waals surface area (Å²) in [5, 5.41) is 9.58. The molecule has 1 fully saturated rings. The third kappa shape index (κ3) is 3.41. The highest BCUT2D eigenvalue weighted by atomic mass is 79.9. The van der Waals surface area contributed by atoms with Crippen LogP contribution in [0, 0.1) is 11.3 Å². The van der Waals surface area contributed by atoms with Crippen LogP contribution in [0.3, 0.4) is 0 Å². The predicted molar refractivity (Wildman–Crippen MR) is 85.4 cm³/mol. The fraction of sp³-hybridized carbons (Fsp3) is 0.562. The van der Waals surface area contributed by atoms with Gasteiger partial charge in [-0.15, -0.1) is 0 Å². The molecule has 0 saturated carbocycles. The fourth-order valence-electron chi connectivity index (χ4n) is 3.00. The fourth-order valence-corrected chi connectivity index (χ4v) is 3.42. The van der Waals surface area contributed by atoms with Gasteiger partial charge in [-0.1, -0.05) is 41.9 Å². The molecule has 4 heteroatoms. The first-order valence-electron chi connectivity index (χ1n) is 7.32. The molecule has 108 valence electrons. The van der Waals surface area contributed by atoms with Crippen LogP contribution < -0.4 is 0 Å². The first kappa shape index (κ1) is 15.5. The first-order chi connectivity index (χ1) is 9.69. The zero-order valence-electron chi connectivity index (χ0n) is 12.2. The number of hydrogen-bond donors (Lipinski definition) is 0. The smallest absolute Gasteiger partial charge is 0.123 e. The Balaban J connectivity index is 2.15. The Labute approximate surface area is 130 Å². The Morgan fingerprint density at radius 3 is 2.80 bits per heavy atom. The van der Waals surface area contributed by atoms with E-state index < -0.39 is 0 Å². The van der Waals surface area contributed by atoms with E-state index in [1.807, 2.05) is 18.2 Å². The summed E-state index contributed by atoms with van der Waals surface area (Å²) in [6, 6.07) is 11.0. The van der Waals surface area contributed by atoms with Gasteiger partial charge in [-0.2, -0.15) is 5.26 Å². The Morgan fingerprint density at radius 1 is 1.40 bits per heavy atom. The maximum absolute atomic E-state index is 9.58. The van der Waals surface area contributed by atoms with E-state index >= 15 is 0 Å². The topological polar surface area (TPSA) is 30.3 Å². The number of rotatable bonds is 4. The van der Waals surface area contributed by atoms with Gasteiger partial charge in [-0.05, 0) is 30.7 Å². The standard InChI is InChI=1S/C16H22BrN3/c1-3-15-12-20(9-8-19(15)4-2)16(11-18)13-6-5-7-14(17)10-13/h5-7,10,15-16H,3-4,8-9,12H2,1-2H3.